The second kappa shape index (κ2) is 9.28. The fourth-order valence-electron chi connectivity index (χ4n) is 2.69. The van der Waals surface area contributed by atoms with Gasteiger partial charge in [-0.25, -0.2) is 4.98 Å². The molecule has 1 aromatic carbocycles. The maximum absolute atomic E-state index is 5.88. The average Bonchev–Trinajstić information content (AvgIpc) is 2.58. The maximum Gasteiger partial charge on any atom is 0.257 e. The van der Waals surface area contributed by atoms with Crippen LogP contribution in [0.25, 0.3) is 0 Å². The largest absolute Gasteiger partial charge is 0.483 e. The first kappa shape index (κ1) is 18.3. The number of pyridine rings is 1. The SMILES string of the molecule is CC(C)N(CCOc1ncccc1OCc1ccccc1)C(C)C. The molecule has 0 fully saturated rings. The Morgan fingerprint density at radius 2 is 1.62 bits per heavy atom. The average molecular weight is 328 g/mol. The van der Waals surface area contributed by atoms with Crippen LogP contribution in [0.15, 0.2) is 48.7 Å². The van der Waals surface area contributed by atoms with Crippen LogP contribution in [0.1, 0.15) is 33.3 Å². The van der Waals surface area contributed by atoms with Crippen LogP contribution < -0.4 is 9.47 Å². The van der Waals surface area contributed by atoms with Gasteiger partial charge in [-0.15, -0.1) is 0 Å². The molecule has 0 aliphatic heterocycles. The molecular formula is C20H28N2O2. The lowest BCUT2D eigenvalue weighted by atomic mass is 10.2. The summed E-state index contributed by atoms with van der Waals surface area (Å²) < 4.78 is 11.8. The highest BCUT2D eigenvalue weighted by Crippen LogP contribution is 2.24. The molecule has 4 nitrogen and oxygen atoms in total. The molecule has 0 unspecified atom stereocenters. The number of nitrogens with zero attached hydrogens (tertiary/aromatic N) is 2. The molecular weight excluding hydrogens is 300 g/mol. The van der Waals surface area contributed by atoms with Crippen molar-refractivity contribution in [1.29, 1.82) is 0 Å². The Bertz CT molecular complexity index is 592. The van der Waals surface area contributed by atoms with Crippen molar-refractivity contribution in [1.82, 2.24) is 9.88 Å². The lowest BCUT2D eigenvalue weighted by Gasteiger charge is -2.30. The number of benzene rings is 1. The Morgan fingerprint density at radius 3 is 2.29 bits per heavy atom. The summed E-state index contributed by atoms with van der Waals surface area (Å²) in [6.07, 6.45) is 1.73. The number of rotatable bonds is 9. The summed E-state index contributed by atoms with van der Waals surface area (Å²) in [5.74, 6) is 1.24. The van der Waals surface area contributed by atoms with E-state index in [0.29, 0.717) is 36.9 Å². The fourth-order valence-corrected chi connectivity index (χ4v) is 2.69. The minimum Gasteiger partial charge on any atom is -0.483 e. The summed E-state index contributed by atoms with van der Waals surface area (Å²) in [7, 11) is 0. The van der Waals surface area contributed by atoms with Gasteiger partial charge in [0, 0.05) is 24.8 Å². The smallest absolute Gasteiger partial charge is 0.257 e. The van der Waals surface area contributed by atoms with Crippen molar-refractivity contribution in [2.75, 3.05) is 13.2 Å². The van der Waals surface area contributed by atoms with E-state index in [-0.39, 0.29) is 0 Å². The highest BCUT2D eigenvalue weighted by atomic mass is 16.5. The van der Waals surface area contributed by atoms with E-state index in [1.807, 2.05) is 42.5 Å². The van der Waals surface area contributed by atoms with Crippen LogP contribution >= 0.6 is 0 Å². The normalized spacial score (nSPS) is 11.3. The zero-order valence-corrected chi connectivity index (χ0v) is 15.1. The minimum atomic E-state index is 0.492. The molecule has 0 spiro atoms. The van der Waals surface area contributed by atoms with Gasteiger partial charge in [-0.05, 0) is 45.4 Å². The highest BCUT2D eigenvalue weighted by molar-refractivity contribution is 5.32. The predicted molar refractivity (Wildman–Crippen MR) is 97.5 cm³/mol. The molecule has 0 N–H and O–H groups in total. The first-order chi connectivity index (χ1) is 11.6. The molecule has 130 valence electrons. The third-order valence-electron chi connectivity index (χ3n) is 3.89. The third kappa shape index (κ3) is 5.53. The van der Waals surface area contributed by atoms with Gasteiger partial charge in [0.25, 0.3) is 5.88 Å². The van der Waals surface area contributed by atoms with Gasteiger partial charge in [0.2, 0.25) is 0 Å². The van der Waals surface area contributed by atoms with Crippen molar-refractivity contribution in [2.45, 2.75) is 46.4 Å². The van der Waals surface area contributed by atoms with Gasteiger partial charge in [0.05, 0.1) is 0 Å². The highest BCUT2D eigenvalue weighted by Gasteiger charge is 2.14. The number of aromatic nitrogens is 1. The lowest BCUT2D eigenvalue weighted by Crippen LogP contribution is -2.39. The molecule has 1 aromatic heterocycles. The van der Waals surface area contributed by atoms with Crippen LogP contribution in [0.2, 0.25) is 0 Å². The van der Waals surface area contributed by atoms with Crippen molar-refractivity contribution >= 4 is 0 Å². The fraction of sp³-hybridized carbons (Fsp3) is 0.450. The van der Waals surface area contributed by atoms with E-state index in [0.717, 1.165) is 12.1 Å². The first-order valence-corrected chi connectivity index (χ1v) is 8.58. The lowest BCUT2D eigenvalue weighted by molar-refractivity contribution is 0.137. The summed E-state index contributed by atoms with van der Waals surface area (Å²) in [4.78, 5) is 6.71. The van der Waals surface area contributed by atoms with E-state index in [2.05, 4.69) is 37.6 Å². The zero-order valence-electron chi connectivity index (χ0n) is 15.1. The summed E-state index contributed by atoms with van der Waals surface area (Å²) >= 11 is 0. The summed E-state index contributed by atoms with van der Waals surface area (Å²) in [5, 5.41) is 0. The molecule has 2 rings (SSSR count). The number of hydrogen-bond donors (Lipinski definition) is 0. The Morgan fingerprint density at radius 1 is 0.917 bits per heavy atom. The molecule has 1 heterocycles. The van der Waals surface area contributed by atoms with E-state index in [1.54, 1.807) is 6.20 Å². The van der Waals surface area contributed by atoms with Gasteiger partial charge in [0.15, 0.2) is 5.75 Å². The van der Waals surface area contributed by atoms with E-state index in [4.69, 9.17) is 9.47 Å². The molecule has 2 aromatic rings. The van der Waals surface area contributed by atoms with Gasteiger partial charge in [0.1, 0.15) is 13.2 Å². The van der Waals surface area contributed by atoms with Crippen molar-refractivity contribution in [2.24, 2.45) is 0 Å². The van der Waals surface area contributed by atoms with Gasteiger partial charge in [-0.2, -0.15) is 0 Å². The Kier molecular flexibility index (Phi) is 7.07. The van der Waals surface area contributed by atoms with Crippen molar-refractivity contribution < 1.29 is 9.47 Å². The Balaban J connectivity index is 1.91. The number of hydrogen-bond acceptors (Lipinski definition) is 4. The summed E-state index contributed by atoms with van der Waals surface area (Å²) in [6.45, 7) is 10.8. The molecule has 0 aliphatic carbocycles. The first-order valence-electron chi connectivity index (χ1n) is 8.58. The van der Waals surface area contributed by atoms with Crippen LogP contribution in [-0.4, -0.2) is 35.1 Å². The van der Waals surface area contributed by atoms with Crippen molar-refractivity contribution in [3.05, 3.63) is 54.2 Å². The van der Waals surface area contributed by atoms with Crippen molar-refractivity contribution in [3.8, 4) is 11.6 Å². The van der Waals surface area contributed by atoms with Crippen LogP contribution in [0, 0.1) is 0 Å². The Labute approximate surface area is 145 Å². The minimum absolute atomic E-state index is 0.492. The monoisotopic (exact) mass is 328 g/mol. The molecule has 0 aliphatic rings. The van der Waals surface area contributed by atoms with Crippen LogP contribution in [-0.2, 0) is 6.61 Å². The summed E-state index contributed by atoms with van der Waals surface area (Å²) in [6, 6.07) is 14.8. The third-order valence-corrected chi connectivity index (χ3v) is 3.89. The molecule has 0 bridgehead atoms. The zero-order chi connectivity index (χ0) is 17.4. The van der Waals surface area contributed by atoms with E-state index in [1.165, 1.54) is 0 Å². The van der Waals surface area contributed by atoms with Gasteiger partial charge in [-0.3, -0.25) is 4.90 Å². The van der Waals surface area contributed by atoms with Gasteiger partial charge in [-0.1, -0.05) is 30.3 Å². The topological polar surface area (TPSA) is 34.6 Å². The van der Waals surface area contributed by atoms with Crippen LogP contribution in [0.3, 0.4) is 0 Å². The molecule has 0 amide bonds. The molecule has 4 heteroatoms. The predicted octanol–water partition coefficient (Wildman–Crippen LogP) is 4.16. The molecule has 0 atom stereocenters. The quantitative estimate of drug-likeness (QED) is 0.692. The van der Waals surface area contributed by atoms with Gasteiger partial charge < -0.3 is 9.47 Å². The van der Waals surface area contributed by atoms with E-state index in [9.17, 15) is 0 Å². The molecule has 0 saturated carbocycles. The summed E-state index contributed by atoms with van der Waals surface area (Å²) in [5.41, 5.74) is 1.12. The Hall–Kier alpha value is -2.07. The maximum atomic E-state index is 5.88. The molecule has 0 radical (unpaired) electrons. The van der Waals surface area contributed by atoms with E-state index >= 15 is 0 Å². The second-order valence-corrected chi connectivity index (χ2v) is 6.35. The second-order valence-electron chi connectivity index (χ2n) is 6.35. The van der Waals surface area contributed by atoms with Crippen LogP contribution in [0.5, 0.6) is 11.6 Å². The molecule has 24 heavy (non-hydrogen) atoms. The van der Waals surface area contributed by atoms with Gasteiger partial charge >= 0.3 is 0 Å². The number of ether oxygens (including phenoxy) is 2. The van der Waals surface area contributed by atoms with E-state index < -0.39 is 0 Å². The van der Waals surface area contributed by atoms with Crippen LogP contribution in [0.4, 0.5) is 0 Å². The van der Waals surface area contributed by atoms with Crippen molar-refractivity contribution in [3.63, 3.8) is 0 Å². The molecule has 0 saturated heterocycles. The standard InChI is InChI=1S/C20H28N2O2/c1-16(2)22(17(3)4)13-14-23-20-19(11-8-12-21-20)24-15-18-9-6-5-7-10-18/h5-12,16-17H,13-15H2,1-4H3.